The minimum absolute atomic E-state index is 0.0873. The van der Waals surface area contributed by atoms with Crippen molar-refractivity contribution in [1.29, 1.82) is 0 Å². The molecule has 100 valence electrons. The van der Waals surface area contributed by atoms with Crippen molar-refractivity contribution in [2.24, 2.45) is 0 Å². The quantitative estimate of drug-likeness (QED) is 0.907. The van der Waals surface area contributed by atoms with Crippen molar-refractivity contribution >= 4 is 11.6 Å². The average Bonchev–Trinajstić information content (AvgIpc) is 2.85. The van der Waals surface area contributed by atoms with E-state index in [-0.39, 0.29) is 11.4 Å². The summed E-state index contributed by atoms with van der Waals surface area (Å²) in [4.78, 5) is 0. The topological polar surface area (TPSA) is 33.4 Å². The second kappa shape index (κ2) is 4.66. The Morgan fingerprint density at radius 3 is 3.05 bits per heavy atom. The van der Waals surface area contributed by atoms with E-state index >= 15 is 0 Å². The first-order chi connectivity index (χ1) is 9.10. The molecule has 1 aromatic carbocycles. The Bertz CT molecular complexity index is 608. The average molecular weight is 281 g/mol. The molecule has 3 rings (SSSR count). The molecule has 1 aromatic heterocycles. The van der Waals surface area contributed by atoms with Crippen LogP contribution in [-0.2, 0) is 18.4 Å². The minimum Gasteiger partial charge on any atom is -0.469 e. The van der Waals surface area contributed by atoms with Gasteiger partial charge in [0, 0.05) is 18.4 Å². The molecule has 0 saturated carbocycles. The fraction of sp³-hybridized carbons (Fsp3) is 0.333. The van der Waals surface area contributed by atoms with Crippen LogP contribution >= 0.6 is 11.6 Å². The van der Waals surface area contributed by atoms with E-state index in [2.05, 4.69) is 0 Å². The van der Waals surface area contributed by atoms with Gasteiger partial charge in [-0.3, -0.25) is 0 Å². The van der Waals surface area contributed by atoms with E-state index in [0.717, 1.165) is 24.2 Å². The van der Waals surface area contributed by atoms with Gasteiger partial charge < -0.3 is 9.52 Å². The number of aliphatic hydroxyl groups is 1. The van der Waals surface area contributed by atoms with Gasteiger partial charge in [-0.1, -0.05) is 23.7 Å². The number of halogens is 2. The summed E-state index contributed by atoms with van der Waals surface area (Å²) in [7, 11) is 0. The highest BCUT2D eigenvalue weighted by molar-refractivity contribution is 6.30. The lowest BCUT2D eigenvalue weighted by molar-refractivity contribution is 0.0161. The number of rotatable bonds is 2. The third-order valence-corrected chi connectivity index (χ3v) is 4.05. The van der Waals surface area contributed by atoms with E-state index in [1.54, 1.807) is 24.5 Å². The predicted octanol–water partition coefficient (Wildman–Crippen LogP) is 3.84. The minimum atomic E-state index is -1.06. The van der Waals surface area contributed by atoms with Crippen molar-refractivity contribution in [2.75, 3.05) is 0 Å². The molecule has 1 atom stereocenters. The van der Waals surface area contributed by atoms with Crippen LogP contribution in [0.3, 0.4) is 0 Å². The number of furan rings is 1. The highest BCUT2D eigenvalue weighted by Crippen LogP contribution is 2.39. The SMILES string of the molecule is OC1(Cc2cccc(Cl)c2F)CCCc2occc21. The van der Waals surface area contributed by atoms with Gasteiger partial charge in [-0.25, -0.2) is 4.39 Å². The van der Waals surface area contributed by atoms with Gasteiger partial charge in [-0.2, -0.15) is 0 Å². The Kier molecular flexibility index (Phi) is 3.11. The summed E-state index contributed by atoms with van der Waals surface area (Å²) in [6.07, 6.45) is 4.05. The largest absolute Gasteiger partial charge is 0.469 e. The lowest BCUT2D eigenvalue weighted by Crippen LogP contribution is -2.32. The van der Waals surface area contributed by atoms with Crippen LogP contribution in [-0.4, -0.2) is 5.11 Å². The van der Waals surface area contributed by atoms with Crippen molar-refractivity contribution in [3.05, 3.63) is 58.3 Å². The fourth-order valence-electron chi connectivity index (χ4n) is 2.81. The molecule has 0 aliphatic heterocycles. The Labute approximate surface area is 115 Å². The zero-order chi connectivity index (χ0) is 13.5. The Hall–Kier alpha value is -1.32. The summed E-state index contributed by atoms with van der Waals surface area (Å²) in [5.41, 5.74) is 0.147. The van der Waals surface area contributed by atoms with E-state index in [9.17, 15) is 9.50 Å². The van der Waals surface area contributed by atoms with Crippen LogP contribution in [0.4, 0.5) is 4.39 Å². The van der Waals surface area contributed by atoms with Gasteiger partial charge in [0.1, 0.15) is 11.6 Å². The van der Waals surface area contributed by atoms with Crippen molar-refractivity contribution in [1.82, 2.24) is 0 Å². The van der Waals surface area contributed by atoms with Crippen LogP contribution in [0.25, 0.3) is 0 Å². The van der Waals surface area contributed by atoms with Crippen LogP contribution in [0.1, 0.15) is 29.7 Å². The number of benzene rings is 1. The van der Waals surface area contributed by atoms with Gasteiger partial charge in [-0.15, -0.1) is 0 Å². The molecule has 1 N–H and O–H groups in total. The molecule has 1 unspecified atom stereocenters. The normalized spacial score (nSPS) is 22.3. The molecular formula is C15H14ClFO2. The monoisotopic (exact) mass is 280 g/mol. The van der Waals surface area contributed by atoms with Gasteiger partial charge in [0.25, 0.3) is 0 Å². The van der Waals surface area contributed by atoms with Crippen LogP contribution in [0.15, 0.2) is 34.9 Å². The summed E-state index contributed by atoms with van der Waals surface area (Å²) in [6, 6.07) is 6.64. The van der Waals surface area contributed by atoms with Crippen LogP contribution in [0.2, 0.25) is 5.02 Å². The maximum atomic E-state index is 14.0. The van der Waals surface area contributed by atoms with E-state index in [1.165, 1.54) is 6.07 Å². The van der Waals surface area contributed by atoms with E-state index in [4.69, 9.17) is 16.0 Å². The van der Waals surface area contributed by atoms with Crippen LogP contribution in [0, 0.1) is 5.82 Å². The zero-order valence-corrected chi connectivity index (χ0v) is 11.1. The maximum Gasteiger partial charge on any atom is 0.145 e. The zero-order valence-electron chi connectivity index (χ0n) is 10.3. The maximum absolute atomic E-state index is 14.0. The second-order valence-electron chi connectivity index (χ2n) is 5.03. The Morgan fingerprint density at radius 2 is 2.21 bits per heavy atom. The molecule has 1 aliphatic carbocycles. The van der Waals surface area contributed by atoms with Crippen LogP contribution < -0.4 is 0 Å². The summed E-state index contributed by atoms with van der Waals surface area (Å²) in [6.45, 7) is 0. The summed E-state index contributed by atoms with van der Waals surface area (Å²) < 4.78 is 19.3. The first-order valence-electron chi connectivity index (χ1n) is 6.32. The Balaban J connectivity index is 1.98. The molecule has 4 heteroatoms. The lowest BCUT2D eigenvalue weighted by Gasteiger charge is -2.32. The molecule has 1 heterocycles. The van der Waals surface area contributed by atoms with Crippen molar-refractivity contribution < 1.29 is 13.9 Å². The van der Waals surface area contributed by atoms with Gasteiger partial charge >= 0.3 is 0 Å². The molecule has 2 nitrogen and oxygen atoms in total. The van der Waals surface area contributed by atoms with Gasteiger partial charge in [0.2, 0.25) is 0 Å². The molecule has 2 aromatic rings. The molecule has 19 heavy (non-hydrogen) atoms. The van der Waals surface area contributed by atoms with Crippen LogP contribution in [0.5, 0.6) is 0 Å². The van der Waals surface area contributed by atoms with Crippen molar-refractivity contribution in [3.8, 4) is 0 Å². The van der Waals surface area contributed by atoms with E-state index in [0.29, 0.717) is 12.0 Å². The molecule has 0 amide bonds. The number of hydrogen-bond donors (Lipinski definition) is 1. The number of hydrogen-bond acceptors (Lipinski definition) is 2. The standard InChI is InChI=1S/C15H14ClFO2/c16-12-4-1-3-10(14(12)17)9-15(18)7-2-5-13-11(15)6-8-19-13/h1,3-4,6,8,18H,2,5,7,9H2. The first kappa shape index (κ1) is 12.7. The highest BCUT2D eigenvalue weighted by Gasteiger charge is 2.37. The summed E-state index contributed by atoms with van der Waals surface area (Å²) in [5.74, 6) is 0.351. The van der Waals surface area contributed by atoms with Gasteiger partial charge in [0.05, 0.1) is 16.9 Å². The third-order valence-electron chi connectivity index (χ3n) is 3.76. The molecule has 0 fully saturated rings. The molecule has 0 spiro atoms. The Morgan fingerprint density at radius 1 is 1.37 bits per heavy atom. The van der Waals surface area contributed by atoms with Gasteiger partial charge in [0.15, 0.2) is 0 Å². The summed E-state index contributed by atoms with van der Waals surface area (Å²) >= 11 is 5.78. The predicted molar refractivity (Wildman–Crippen MR) is 70.7 cm³/mol. The fourth-order valence-corrected chi connectivity index (χ4v) is 3.00. The molecular weight excluding hydrogens is 267 g/mol. The van der Waals surface area contributed by atoms with Gasteiger partial charge in [-0.05, 0) is 30.5 Å². The van der Waals surface area contributed by atoms with Crippen molar-refractivity contribution in [2.45, 2.75) is 31.3 Å². The first-order valence-corrected chi connectivity index (χ1v) is 6.70. The molecule has 0 saturated heterocycles. The summed E-state index contributed by atoms with van der Waals surface area (Å²) in [5, 5.41) is 10.9. The third kappa shape index (κ3) is 2.17. The van der Waals surface area contributed by atoms with E-state index in [1.807, 2.05) is 0 Å². The van der Waals surface area contributed by atoms with Crippen molar-refractivity contribution in [3.63, 3.8) is 0 Å². The number of fused-ring (bicyclic) bond motifs is 1. The molecule has 0 bridgehead atoms. The highest BCUT2D eigenvalue weighted by atomic mass is 35.5. The molecule has 1 aliphatic rings. The molecule has 0 radical (unpaired) electrons. The number of aryl methyl sites for hydroxylation is 1. The smallest absolute Gasteiger partial charge is 0.145 e. The van der Waals surface area contributed by atoms with E-state index < -0.39 is 11.4 Å². The lowest BCUT2D eigenvalue weighted by atomic mass is 9.79. The second-order valence-corrected chi connectivity index (χ2v) is 5.44.